The maximum Gasteiger partial charge on any atom is 0.120 e. The van der Waals surface area contributed by atoms with Crippen molar-refractivity contribution < 1.29 is 4.74 Å². The second-order valence-corrected chi connectivity index (χ2v) is 6.54. The minimum atomic E-state index is 0. The molecule has 0 radical (unpaired) electrons. The molecule has 0 aliphatic heterocycles. The summed E-state index contributed by atoms with van der Waals surface area (Å²) in [7, 11) is 0. The fourth-order valence-corrected chi connectivity index (χ4v) is 2.90. The molecule has 0 saturated carbocycles. The number of halogens is 3. The normalized spacial score (nSPS) is 10.2. The first kappa shape index (κ1) is 20.6. The van der Waals surface area contributed by atoms with Crippen molar-refractivity contribution in [2.45, 2.75) is 19.7 Å². The molecule has 1 N–H and O–H groups in total. The number of nitrogens with one attached hydrogen (secondary N) is 1. The number of ether oxygens (including phenoxy) is 1. The van der Waals surface area contributed by atoms with Crippen molar-refractivity contribution in [3.05, 3.63) is 99.5 Å². The lowest BCUT2D eigenvalue weighted by Crippen LogP contribution is -2.13. The van der Waals surface area contributed by atoms with E-state index in [4.69, 9.17) is 27.9 Å². The Balaban J connectivity index is 0.00000243. The van der Waals surface area contributed by atoms with Crippen molar-refractivity contribution in [2.24, 2.45) is 0 Å². The van der Waals surface area contributed by atoms with Crippen LogP contribution in [0.4, 0.5) is 0 Å². The Labute approximate surface area is 170 Å². The Hall–Kier alpha value is -1.71. The van der Waals surface area contributed by atoms with Crippen molar-refractivity contribution in [1.29, 1.82) is 0 Å². The Morgan fingerprint density at radius 3 is 2.08 bits per heavy atom. The summed E-state index contributed by atoms with van der Waals surface area (Å²) in [6, 6.07) is 23.6. The monoisotopic (exact) mass is 407 g/mol. The fourth-order valence-electron chi connectivity index (χ4n) is 2.51. The van der Waals surface area contributed by atoms with Crippen LogP contribution in [0.15, 0.2) is 72.8 Å². The van der Waals surface area contributed by atoms with E-state index >= 15 is 0 Å². The zero-order valence-corrected chi connectivity index (χ0v) is 16.5. The molecular formula is C21H20Cl3NO. The summed E-state index contributed by atoms with van der Waals surface area (Å²) in [5.41, 5.74) is 3.23. The molecule has 3 aromatic rings. The van der Waals surface area contributed by atoms with Crippen LogP contribution in [0.1, 0.15) is 16.7 Å². The van der Waals surface area contributed by atoms with Crippen molar-refractivity contribution in [2.75, 3.05) is 0 Å². The number of hydrogen-bond acceptors (Lipinski definition) is 2. The van der Waals surface area contributed by atoms with Gasteiger partial charge in [-0.05, 0) is 35.4 Å². The molecular weight excluding hydrogens is 389 g/mol. The first-order valence-corrected chi connectivity index (χ1v) is 8.87. The van der Waals surface area contributed by atoms with Gasteiger partial charge in [-0.15, -0.1) is 12.4 Å². The van der Waals surface area contributed by atoms with Crippen LogP contribution in [0, 0.1) is 0 Å². The third-order valence-electron chi connectivity index (χ3n) is 3.85. The van der Waals surface area contributed by atoms with Gasteiger partial charge in [0.1, 0.15) is 12.4 Å². The van der Waals surface area contributed by atoms with E-state index in [9.17, 15) is 0 Å². The maximum absolute atomic E-state index is 6.17. The second kappa shape index (κ2) is 10.4. The van der Waals surface area contributed by atoms with Gasteiger partial charge in [0.2, 0.25) is 0 Å². The largest absolute Gasteiger partial charge is 0.489 e. The molecule has 0 spiro atoms. The van der Waals surface area contributed by atoms with Crippen LogP contribution < -0.4 is 10.1 Å². The van der Waals surface area contributed by atoms with Crippen molar-refractivity contribution in [1.82, 2.24) is 5.32 Å². The third-order valence-corrected chi connectivity index (χ3v) is 4.59. The van der Waals surface area contributed by atoms with E-state index in [0.717, 1.165) is 45.6 Å². The lowest BCUT2D eigenvalue weighted by atomic mass is 10.2. The van der Waals surface area contributed by atoms with Crippen molar-refractivity contribution >= 4 is 35.6 Å². The molecule has 0 fully saturated rings. The first-order chi connectivity index (χ1) is 12.2. The highest BCUT2D eigenvalue weighted by Crippen LogP contribution is 2.20. The molecule has 3 aromatic carbocycles. The van der Waals surface area contributed by atoms with Gasteiger partial charge in [-0.1, -0.05) is 71.7 Å². The molecule has 26 heavy (non-hydrogen) atoms. The highest BCUT2D eigenvalue weighted by Gasteiger charge is 2.02. The zero-order valence-electron chi connectivity index (χ0n) is 14.1. The van der Waals surface area contributed by atoms with Gasteiger partial charge < -0.3 is 10.1 Å². The molecule has 0 aliphatic rings. The molecule has 2 nitrogen and oxygen atoms in total. The summed E-state index contributed by atoms with van der Waals surface area (Å²) in [4.78, 5) is 0. The summed E-state index contributed by atoms with van der Waals surface area (Å²) < 4.78 is 5.86. The predicted molar refractivity (Wildman–Crippen MR) is 111 cm³/mol. The molecule has 0 aliphatic carbocycles. The minimum absolute atomic E-state index is 0. The molecule has 5 heteroatoms. The number of hydrogen-bond donors (Lipinski definition) is 1. The van der Waals surface area contributed by atoms with E-state index in [1.165, 1.54) is 0 Å². The van der Waals surface area contributed by atoms with Crippen LogP contribution in [0.5, 0.6) is 5.75 Å². The molecule has 0 heterocycles. The molecule has 0 atom stereocenters. The molecule has 136 valence electrons. The summed E-state index contributed by atoms with van der Waals surface area (Å²) in [6.07, 6.45) is 0. The fraction of sp³-hybridized carbons (Fsp3) is 0.143. The summed E-state index contributed by atoms with van der Waals surface area (Å²) in [6.45, 7) is 1.93. The van der Waals surface area contributed by atoms with E-state index in [1.54, 1.807) is 0 Å². The van der Waals surface area contributed by atoms with Gasteiger partial charge >= 0.3 is 0 Å². The van der Waals surface area contributed by atoms with Gasteiger partial charge in [-0.2, -0.15) is 0 Å². The zero-order chi connectivity index (χ0) is 17.5. The first-order valence-electron chi connectivity index (χ1n) is 8.11. The molecule has 0 bridgehead atoms. The predicted octanol–water partition coefficient (Wildman–Crippen LogP) is 6.28. The van der Waals surface area contributed by atoms with E-state index in [0.29, 0.717) is 6.61 Å². The molecule has 0 unspecified atom stereocenters. The minimum Gasteiger partial charge on any atom is -0.489 e. The van der Waals surface area contributed by atoms with Crippen LogP contribution in [-0.2, 0) is 19.7 Å². The second-order valence-electron chi connectivity index (χ2n) is 5.72. The third kappa shape index (κ3) is 5.93. The average molecular weight is 409 g/mol. The highest BCUT2D eigenvalue weighted by atomic mass is 35.5. The van der Waals surface area contributed by atoms with Crippen molar-refractivity contribution in [3.8, 4) is 5.75 Å². The Morgan fingerprint density at radius 1 is 0.731 bits per heavy atom. The van der Waals surface area contributed by atoms with Gasteiger partial charge in [0.15, 0.2) is 0 Å². The van der Waals surface area contributed by atoms with E-state index in [-0.39, 0.29) is 12.4 Å². The number of benzene rings is 3. The molecule has 0 saturated heterocycles. The molecule has 0 aromatic heterocycles. The highest BCUT2D eigenvalue weighted by molar-refractivity contribution is 6.31. The summed E-state index contributed by atoms with van der Waals surface area (Å²) in [5, 5.41) is 4.91. The van der Waals surface area contributed by atoms with E-state index in [2.05, 4.69) is 11.4 Å². The summed E-state index contributed by atoms with van der Waals surface area (Å²) >= 11 is 12.3. The molecule has 0 amide bonds. The van der Waals surface area contributed by atoms with Crippen LogP contribution in [-0.4, -0.2) is 0 Å². The van der Waals surface area contributed by atoms with Crippen molar-refractivity contribution in [3.63, 3.8) is 0 Å². The van der Waals surface area contributed by atoms with Gasteiger partial charge in [0.25, 0.3) is 0 Å². The van der Waals surface area contributed by atoms with Gasteiger partial charge in [-0.3, -0.25) is 0 Å². The van der Waals surface area contributed by atoms with Crippen LogP contribution in [0.25, 0.3) is 0 Å². The lowest BCUT2D eigenvalue weighted by molar-refractivity contribution is 0.306. The van der Waals surface area contributed by atoms with Gasteiger partial charge in [-0.25, -0.2) is 0 Å². The maximum atomic E-state index is 6.17. The quantitative estimate of drug-likeness (QED) is 0.496. The van der Waals surface area contributed by atoms with Crippen LogP contribution in [0.2, 0.25) is 10.0 Å². The molecule has 3 rings (SSSR count). The number of rotatable bonds is 7. The van der Waals surface area contributed by atoms with Gasteiger partial charge in [0.05, 0.1) is 0 Å². The average Bonchev–Trinajstić information content (AvgIpc) is 2.63. The Bertz CT molecular complexity index is 839. The summed E-state index contributed by atoms with van der Waals surface area (Å²) in [5.74, 6) is 0.831. The van der Waals surface area contributed by atoms with Crippen LogP contribution in [0.3, 0.4) is 0 Å². The Kier molecular flexibility index (Phi) is 8.27. The Morgan fingerprint density at radius 2 is 1.38 bits per heavy atom. The van der Waals surface area contributed by atoms with E-state index < -0.39 is 0 Å². The smallest absolute Gasteiger partial charge is 0.120 e. The topological polar surface area (TPSA) is 21.3 Å². The van der Waals surface area contributed by atoms with Crippen LogP contribution >= 0.6 is 35.6 Å². The van der Waals surface area contributed by atoms with E-state index in [1.807, 2.05) is 66.7 Å². The lowest BCUT2D eigenvalue weighted by Gasteiger charge is -2.10. The van der Waals surface area contributed by atoms with Gasteiger partial charge in [0, 0.05) is 28.7 Å². The SMILES string of the molecule is Cl.Clc1ccccc1CNCc1cccc(OCc2ccccc2Cl)c1. The standard InChI is InChI=1S/C21H19Cl2NO.ClH/c22-20-10-3-1-7-17(20)14-24-13-16-6-5-9-19(12-16)25-15-18-8-2-4-11-21(18)23;/h1-12,24H,13-15H2;1H.